The molecule has 0 radical (unpaired) electrons. The SMILES string of the molecule is C=CC[C@@H](N)c1ccc(Br)c(Cl)c1. The summed E-state index contributed by atoms with van der Waals surface area (Å²) in [6.07, 6.45) is 2.57. The lowest BCUT2D eigenvalue weighted by atomic mass is 10.1. The number of halogens is 2. The van der Waals surface area contributed by atoms with Crippen molar-refractivity contribution in [2.24, 2.45) is 5.73 Å². The number of nitrogens with two attached hydrogens (primary N) is 1. The highest BCUT2D eigenvalue weighted by molar-refractivity contribution is 9.10. The molecule has 0 aliphatic rings. The number of rotatable bonds is 3. The van der Waals surface area contributed by atoms with E-state index in [-0.39, 0.29) is 6.04 Å². The van der Waals surface area contributed by atoms with Gasteiger partial charge in [0.05, 0.1) is 5.02 Å². The molecule has 0 fully saturated rings. The van der Waals surface area contributed by atoms with Crippen LogP contribution in [0.5, 0.6) is 0 Å². The fourth-order valence-corrected chi connectivity index (χ4v) is 1.49. The summed E-state index contributed by atoms with van der Waals surface area (Å²) in [7, 11) is 0. The quantitative estimate of drug-likeness (QED) is 0.825. The Morgan fingerprint density at radius 1 is 1.62 bits per heavy atom. The normalized spacial score (nSPS) is 12.5. The van der Waals surface area contributed by atoms with E-state index in [4.69, 9.17) is 17.3 Å². The van der Waals surface area contributed by atoms with Gasteiger partial charge < -0.3 is 5.73 Å². The summed E-state index contributed by atoms with van der Waals surface area (Å²) in [6, 6.07) is 5.73. The van der Waals surface area contributed by atoms with Gasteiger partial charge in [0, 0.05) is 10.5 Å². The first-order valence-electron chi connectivity index (χ1n) is 3.96. The molecule has 0 aliphatic carbocycles. The van der Waals surface area contributed by atoms with Crippen LogP contribution in [0, 0.1) is 0 Å². The van der Waals surface area contributed by atoms with Crippen LogP contribution in [0.1, 0.15) is 18.0 Å². The molecular formula is C10H11BrClN. The molecule has 0 saturated carbocycles. The summed E-state index contributed by atoms with van der Waals surface area (Å²) >= 11 is 9.25. The van der Waals surface area contributed by atoms with Gasteiger partial charge in [-0.2, -0.15) is 0 Å². The summed E-state index contributed by atoms with van der Waals surface area (Å²) in [4.78, 5) is 0. The highest BCUT2D eigenvalue weighted by atomic mass is 79.9. The fraction of sp³-hybridized carbons (Fsp3) is 0.200. The van der Waals surface area contributed by atoms with Crippen molar-refractivity contribution in [1.29, 1.82) is 0 Å². The predicted molar refractivity (Wildman–Crippen MR) is 60.9 cm³/mol. The highest BCUT2D eigenvalue weighted by Crippen LogP contribution is 2.26. The van der Waals surface area contributed by atoms with Gasteiger partial charge >= 0.3 is 0 Å². The molecule has 0 bridgehead atoms. The molecule has 1 nitrogen and oxygen atoms in total. The molecule has 1 rings (SSSR count). The molecule has 0 unspecified atom stereocenters. The van der Waals surface area contributed by atoms with Crippen molar-refractivity contribution in [2.45, 2.75) is 12.5 Å². The van der Waals surface area contributed by atoms with Crippen LogP contribution in [0.2, 0.25) is 5.02 Å². The molecule has 1 aromatic rings. The van der Waals surface area contributed by atoms with Crippen molar-refractivity contribution < 1.29 is 0 Å². The maximum Gasteiger partial charge on any atom is 0.0551 e. The van der Waals surface area contributed by atoms with E-state index in [1.54, 1.807) is 6.08 Å². The van der Waals surface area contributed by atoms with Crippen molar-refractivity contribution in [1.82, 2.24) is 0 Å². The van der Waals surface area contributed by atoms with E-state index in [1.807, 2.05) is 18.2 Å². The first kappa shape index (κ1) is 10.8. The summed E-state index contributed by atoms with van der Waals surface area (Å²) in [5.74, 6) is 0. The average Bonchev–Trinajstić information content (AvgIpc) is 2.10. The van der Waals surface area contributed by atoms with E-state index in [9.17, 15) is 0 Å². The van der Waals surface area contributed by atoms with Crippen LogP contribution in [-0.4, -0.2) is 0 Å². The lowest BCUT2D eigenvalue weighted by Gasteiger charge is -2.09. The monoisotopic (exact) mass is 259 g/mol. The highest BCUT2D eigenvalue weighted by Gasteiger charge is 2.05. The minimum atomic E-state index is -0.0110. The van der Waals surface area contributed by atoms with Gasteiger partial charge in [0.1, 0.15) is 0 Å². The van der Waals surface area contributed by atoms with Gasteiger partial charge in [0.25, 0.3) is 0 Å². The Hall–Kier alpha value is -0.310. The molecule has 1 aromatic carbocycles. The van der Waals surface area contributed by atoms with Crippen LogP contribution < -0.4 is 5.73 Å². The number of hydrogen-bond donors (Lipinski definition) is 1. The number of benzene rings is 1. The van der Waals surface area contributed by atoms with Crippen molar-refractivity contribution >= 4 is 27.5 Å². The smallest absolute Gasteiger partial charge is 0.0551 e. The maximum atomic E-state index is 5.93. The summed E-state index contributed by atoms with van der Waals surface area (Å²) in [5.41, 5.74) is 6.91. The first-order chi connectivity index (χ1) is 6.15. The van der Waals surface area contributed by atoms with Crippen LogP contribution in [0.4, 0.5) is 0 Å². The predicted octanol–water partition coefficient (Wildman–Crippen LogP) is 3.68. The summed E-state index contributed by atoms with van der Waals surface area (Å²) in [6.45, 7) is 3.64. The zero-order valence-corrected chi connectivity index (χ0v) is 9.48. The van der Waals surface area contributed by atoms with E-state index in [1.165, 1.54) is 0 Å². The van der Waals surface area contributed by atoms with Crippen molar-refractivity contribution in [3.8, 4) is 0 Å². The third-order valence-corrected chi connectivity index (χ3v) is 3.02. The molecule has 0 saturated heterocycles. The number of hydrogen-bond acceptors (Lipinski definition) is 1. The fourth-order valence-electron chi connectivity index (χ4n) is 1.06. The Labute approximate surface area is 91.7 Å². The van der Waals surface area contributed by atoms with Crippen LogP contribution in [-0.2, 0) is 0 Å². The Balaban J connectivity index is 2.89. The van der Waals surface area contributed by atoms with Gasteiger partial charge in [-0.25, -0.2) is 0 Å². The van der Waals surface area contributed by atoms with Crippen LogP contribution in [0.15, 0.2) is 35.3 Å². The molecule has 1 atom stereocenters. The van der Waals surface area contributed by atoms with Crippen LogP contribution in [0.3, 0.4) is 0 Å². The Bertz CT molecular complexity index is 312. The van der Waals surface area contributed by atoms with Gasteiger partial charge in [0.2, 0.25) is 0 Å². The molecule has 0 amide bonds. The molecule has 0 heterocycles. The summed E-state index contributed by atoms with van der Waals surface area (Å²) in [5, 5.41) is 0.692. The van der Waals surface area contributed by atoms with Gasteiger partial charge in [-0.15, -0.1) is 6.58 Å². The Morgan fingerprint density at radius 3 is 2.85 bits per heavy atom. The lowest BCUT2D eigenvalue weighted by molar-refractivity contribution is 0.742. The Morgan fingerprint density at radius 2 is 2.31 bits per heavy atom. The summed E-state index contributed by atoms with van der Waals surface area (Å²) < 4.78 is 0.892. The molecule has 70 valence electrons. The second kappa shape index (κ2) is 4.80. The third kappa shape index (κ3) is 2.83. The van der Waals surface area contributed by atoms with Crippen LogP contribution in [0.25, 0.3) is 0 Å². The molecule has 13 heavy (non-hydrogen) atoms. The van der Waals surface area contributed by atoms with Gasteiger partial charge in [-0.05, 0) is 40.0 Å². The van der Waals surface area contributed by atoms with Gasteiger partial charge in [-0.1, -0.05) is 23.7 Å². The standard InChI is InChI=1S/C10H11BrClN/c1-2-3-10(13)7-4-5-8(11)9(12)6-7/h2,4-6,10H,1,3,13H2/t10-/m1/s1. The van der Waals surface area contributed by atoms with E-state index in [0.717, 1.165) is 16.5 Å². The average molecular weight is 261 g/mol. The van der Waals surface area contributed by atoms with Crippen molar-refractivity contribution in [3.63, 3.8) is 0 Å². The van der Waals surface area contributed by atoms with Crippen molar-refractivity contribution in [2.75, 3.05) is 0 Å². The molecular weight excluding hydrogens is 249 g/mol. The molecule has 0 aromatic heterocycles. The molecule has 0 spiro atoms. The van der Waals surface area contributed by atoms with Gasteiger partial charge in [-0.3, -0.25) is 0 Å². The largest absolute Gasteiger partial charge is 0.324 e. The second-order valence-corrected chi connectivity index (χ2v) is 4.07. The molecule has 3 heteroatoms. The van der Waals surface area contributed by atoms with Crippen LogP contribution >= 0.6 is 27.5 Å². The van der Waals surface area contributed by atoms with E-state index >= 15 is 0 Å². The van der Waals surface area contributed by atoms with Gasteiger partial charge in [0.15, 0.2) is 0 Å². The minimum absolute atomic E-state index is 0.0110. The zero-order chi connectivity index (χ0) is 9.84. The minimum Gasteiger partial charge on any atom is -0.324 e. The lowest BCUT2D eigenvalue weighted by Crippen LogP contribution is -2.08. The maximum absolute atomic E-state index is 5.93. The molecule has 0 aliphatic heterocycles. The first-order valence-corrected chi connectivity index (χ1v) is 5.13. The third-order valence-electron chi connectivity index (χ3n) is 1.79. The van der Waals surface area contributed by atoms with E-state index in [0.29, 0.717) is 5.02 Å². The van der Waals surface area contributed by atoms with E-state index in [2.05, 4.69) is 22.5 Å². The molecule has 2 N–H and O–H groups in total. The Kier molecular flexibility index (Phi) is 3.97. The zero-order valence-electron chi connectivity index (χ0n) is 7.13. The topological polar surface area (TPSA) is 26.0 Å². The van der Waals surface area contributed by atoms with E-state index < -0.39 is 0 Å². The second-order valence-electron chi connectivity index (χ2n) is 2.80. The van der Waals surface area contributed by atoms with Crippen molar-refractivity contribution in [3.05, 3.63) is 45.9 Å².